The van der Waals surface area contributed by atoms with Gasteiger partial charge in [0.25, 0.3) is 0 Å². The van der Waals surface area contributed by atoms with Gasteiger partial charge in [0.15, 0.2) is 0 Å². The summed E-state index contributed by atoms with van der Waals surface area (Å²) in [6.45, 7) is 2.00. The third kappa shape index (κ3) is 3.48. The van der Waals surface area contributed by atoms with Gasteiger partial charge in [-0.1, -0.05) is 6.07 Å². The molecule has 0 saturated heterocycles. The Hall–Kier alpha value is -2.50. The summed E-state index contributed by atoms with van der Waals surface area (Å²) in [7, 11) is 0. The maximum atomic E-state index is 10.8. The number of pyridine rings is 1. The minimum atomic E-state index is -1.04. The lowest BCUT2D eigenvalue weighted by Crippen LogP contribution is -2.08. The minimum Gasteiger partial charge on any atom is -0.478 e. The lowest BCUT2D eigenvalue weighted by molar-refractivity contribution is 0.0695. The molecule has 2 rings (SSSR count). The molecule has 0 fully saturated rings. The Labute approximate surface area is 110 Å². The summed E-state index contributed by atoms with van der Waals surface area (Å²) in [6.07, 6.45) is 3.61. The van der Waals surface area contributed by atoms with Crippen molar-refractivity contribution in [1.29, 1.82) is 0 Å². The Balaban J connectivity index is 1.93. The highest BCUT2D eigenvalue weighted by Crippen LogP contribution is 2.09. The van der Waals surface area contributed by atoms with Crippen molar-refractivity contribution < 1.29 is 14.6 Å². The van der Waals surface area contributed by atoms with Crippen LogP contribution in [0.5, 0.6) is 6.01 Å². The maximum absolute atomic E-state index is 10.8. The number of hydrogen-bond acceptors (Lipinski definition) is 5. The molecule has 0 atom stereocenters. The summed E-state index contributed by atoms with van der Waals surface area (Å²) in [5, 5.41) is 8.85. The van der Waals surface area contributed by atoms with Gasteiger partial charge in [0.2, 0.25) is 0 Å². The van der Waals surface area contributed by atoms with Crippen LogP contribution in [0.3, 0.4) is 0 Å². The number of aryl methyl sites for hydroxylation is 1. The topological polar surface area (TPSA) is 85.2 Å². The fourth-order valence-corrected chi connectivity index (χ4v) is 1.52. The fraction of sp³-hybridized carbons (Fsp3) is 0.231. The number of rotatable bonds is 5. The Kier molecular flexibility index (Phi) is 4.02. The van der Waals surface area contributed by atoms with Gasteiger partial charge in [0, 0.05) is 24.5 Å². The Morgan fingerprint density at radius 1 is 1.37 bits per heavy atom. The van der Waals surface area contributed by atoms with Crippen LogP contribution in [0.4, 0.5) is 0 Å². The van der Waals surface area contributed by atoms with Gasteiger partial charge < -0.3 is 9.84 Å². The number of carbonyl (C=O) groups is 1. The lowest BCUT2D eigenvalue weighted by Gasteiger charge is -2.05. The van der Waals surface area contributed by atoms with E-state index in [9.17, 15) is 4.79 Å². The molecule has 0 amide bonds. The third-order valence-electron chi connectivity index (χ3n) is 2.50. The van der Waals surface area contributed by atoms with Gasteiger partial charge in [-0.3, -0.25) is 4.98 Å². The number of ether oxygens (including phenoxy) is 1. The molecule has 2 aromatic heterocycles. The van der Waals surface area contributed by atoms with Crippen LogP contribution in [-0.4, -0.2) is 32.6 Å². The Morgan fingerprint density at radius 2 is 2.21 bits per heavy atom. The van der Waals surface area contributed by atoms with E-state index in [1.165, 1.54) is 6.20 Å². The second kappa shape index (κ2) is 5.90. The molecule has 6 nitrogen and oxygen atoms in total. The average molecular weight is 259 g/mol. The Bertz CT molecular complexity index is 573. The molecule has 0 aliphatic heterocycles. The predicted octanol–water partition coefficient (Wildman–Crippen LogP) is 1.50. The number of hydrogen-bond donors (Lipinski definition) is 1. The molecule has 0 bridgehead atoms. The SMILES string of the molecule is Cc1nc(OCCc2ccccn2)ncc1C(=O)O. The van der Waals surface area contributed by atoms with Gasteiger partial charge >= 0.3 is 12.0 Å². The van der Waals surface area contributed by atoms with Gasteiger partial charge in [-0.25, -0.2) is 9.78 Å². The van der Waals surface area contributed by atoms with Crippen molar-refractivity contribution in [1.82, 2.24) is 15.0 Å². The summed E-state index contributed by atoms with van der Waals surface area (Å²) >= 11 is 0. The molecule has 0 aliphatic carbocycles. The quantitative estimate of drug-likeness (QED) is 0.875. The maximum Gasteiger partial charge on any atom is 0.339 e. The highest BCUT2D eigenvalue weighted by atomic mass is 16.5. The Morgan fingerprint density at radius 3 is 2.84 bits per heavy atom. The van der Waals surface area contributed by atoms with Crippen molar-refractivity contribution in [2.24, 2.45) is 0 Å². The molecule has 98 valence electrons. The highest BCUT2D eigenvalue weighted by Gasteiger charge is 2.10. The molecular weight excluding hydrogens is 246 g/mol. The van der Waals surface area contributed by atoms with Crippen LogP contribution in [0.1, 0.15) is 21.7 Å². The molecule has 19 heavy (non-hydrogen) atoms. The van der Waals surface area contributed by atoms with Crippen LogP contribution in [-0.2, 0) is 6.42 Å². The fourth-order valence-electron chi connectivity index (χ4n) is 1.52. The standard InChI is InChI=1S/C13H13N3O3/c1-9-11(12(17)18)8-15-13(16-9)19-7-5-10-4-2-3-6-14-10/h2-4,6,8H,5,7H2,1H3,(H,17,18). The molecule has 2 aromatic rings. The molecule has 0 aliphatic rings. The molecular formula is C13H13N3O3. The van der Waals surface area contributed by atoms with Gasteiger partial charge in [-0.15, -0.1) is 0 Å². The minimum absolute atomic E-state index is 0.0806. The molecule has 2 heterocycles. The van der Waals surface area contributed by atoms with Crippen molar-refractivity contribution in [3.8, 4) is 6.01 Å². The zero-order chi connectivity index (χ0) is 13.7. The van der Waals surface area contributed by atoms with E-state index in [1.807, 2.05) is 18.2 Å². The number of carboxylic acids is 1. The smallest absolute Gasteiger partial charge is 0.339 e. The normalized spacial score (nSPS) is 10.2. The summed E-state index contributed by atoms with van der Waals surface area (Å²) in [5.74, 6) is -1.04. The average Bonchev–Trinajstić information content (AvgIpc) is 2.39. The van der Waals surface area contributed by atoms with Crippen molar-refractivity contribution in [2.45, 2.75) is 13.3 Å². The van der Waals surface area contributed by atoms with E-state index in [1.54, 1.807) is 13.1 Å². The van der Waals surface area contributed by atoms with Crippen LogP contribution in [0, 0.1) is 6.92 Å². The summed E-state index contributed by atoms with van der Waals surface area (Å²) in [4.78, 5) is 22.8. The van der Waals surface area contributed by atoms with E-state index in [4.69, 9.17) is 9.84 Å². The van der Waals surface area contributed by atoms with Crippen LogP contribution >= 0.6 is 0 Å². The van der Waals surface area contributed by atoms with Gasteiger partial charge in [-0.05, 0) is 19.1 Å². The largest absolute Gasteiger partial charge is 0.478 e. The van der Waals surface area contributed by atoms with Crippen molar-refractivity contribution in [3.05, 3.63) is 47.5 Å². The van der Waals surface area contributed by atoms with E-state index in [0.29, 0.717) is 18.7 Å². The second-order valence-electron chi connectivity index (χ2n) is 3.88. The van der Waals surface area contributed by atoms with Crippen LogP contribution in [0.25, 0.3) is 0 Å². The first-order valence-electron chi connectivity index (χ1n) is 5.76. The summed E-state index contributed by atoms with van der Waals surface area (Å²) in [6, 6.07) is 5.84. The van der Waals surface area contributed by atoms with E-state index < -0.39 is 5.97 Å². The van der Waals surface area contributed by atoms with Crippen molar-refractivity contribution in [3.63, 3.8) is 0 Å². The first-order chi connectivity index (χ1) is 9.16. The first-order valence-corrected chi connectivity index (χ1v) is 5.76. The summed E-state index contributed by atoms with van der Waals surface area (Å²) in [5.41, 5.74) is 1.38. The van der Waals surface area contributed by atoms with Gasteiger partial charge in [-0.2, -0.15) is 4.98 Å². The van der Waals surface area contributed by atoms with E-state index >= 15 is 0 Å². The number of aromatic carboxylic acids is 1. The first kappa shape index (κ1) is 12.9. The van der Waals surface area contributed by atoms with E-state index in [2.05, 4.69) is 15.0 Å². The second-order valence-corrected chi connectivity index (χ2v) is 3.88. The molecule has 0 radical (unpaired) electrons. The van der Waals surface area contributed by atoms with Gasteiger partial charge in [0.05, 0.1) is 17.9 Å². The molecule has 0 saturated carbocycles. The summed E-state index contributed by atoms with van der Waals surface area (Å²) < 4.78 is 5.37. The van der Waals surface area contributed by atoms with Crippen LogP contribution in [0.2, 0.25) is 0 Å². The molecule has 1 N–H and O–H groups in total. The lowest BCUT2D eigenvalue weighted by atomic mass is 10.2. The van der Waals surface area contributed by atoms with Crippen LogP contribution < -0.4 is 4.74 Å². The molecule has 6 heteroatoms. The highest BCUT2D eigenvalue weighted by molar-refractivity contribution is 5.88. The third-order valence-corrected chi connectivity index (χ3v) is 2.50. The predicted molar refractivity (Wildman–Crippen MR) is 67.2 cm³/mol. The zero-order valence-electron chi connectivity index (χ0n) is 10.4. The van der Waals surface area contributed by atoms with Gasteiger partial charge in [0.1, 0.15) is 0 Å². The zero-order valence-corrected chi connectivity index (χ0v) is 10.4. The van der Waals surface area contributed by atoms with E-state index in [0.717, 1.165) is 5.69 Å². The number of carboxylic acid groups (broad SMARTS) is 1. The molecule has 0 unspecified atom stereocenters. The number of aromatic nitrogens is 3. The van der Waals surface area contributed by atoms with Crippen molar-refractivity contribution >= 4 is 5.97 Å². The molecule has 0 aromatic carbocycles. The van der Waals surface area contributed by atoms with E-state index in [-0.39, 0.29) is 11.6 Å². The number of nitrogens with zero attached hydrogens (tertiary/aromatic N) is 3. The molecule has 0 spiro atoms. The monoisotopic (exact) mass is 259 g/mol. The van der Waals surface area contributed by atoms with Crippen molar-refractivity contribution in [2.75, 3.05) is 6.61 Å². The van der Waals surface area contributed by atoms with Crippen LogP contribution in [0.15, 0.2) is 30.6 Å².